The van der Waals surface area contributed by atoms with Crippen LogP contribution < -0.4 is 9.47 Å². The van der Waals surface area contributed by atoms with E-state index in [1.165, 1.54) is 11.8 Å². The van der Waals surface area contributed by atoms with Gasteiger partial charge in [-0.15, -0.1) is 11.6 Å². The Bertz CT molecular complexity index is 1010. The topological polar surface area (TPSA) is 51.5 Å². The van der Waals surface area contributed by atoms with Gasteiger partial charge in [0, 0.05) is 5.41 Å². The van der Waals surface area contributed by atoms with Gasteiger partial charge in [-0.25, -0.2) is 0 Å². The van der Waals surface area contributed by atoms with E-state index in [-0.39, 0.29) is 6.61 Å². The van der Waals surface area contributed by atoms with Crippen LogP contribution in [0.5, 0.6) is 11.5 Å². The molecule has 0 bridgehead atoms. The summed E-state index contributed by atoms with van der Waals surface area (Å²) in [5.74, 6) is 2.10. The number of rotatable bonds is 11. The van der Waals surface area contributed by atoms with Gasteiger partial charge in [0.05, 0.1) is 16.5 Å². The van der Waals surface area contributed by atoms with Crippen molar-refractivity contribution >= 4 is 35.0 Å². The zero-order valence-electron chi connectivity index (χ0n) is 18.7. The van der Waals surface area contributed by atoms with Gasteiger partial charge in [0.1, 0.15) is 30.8 Å². The number of hydrogen-bond donors (Lipinski definition) is 0. The van der Waals surface area contributed by atoms with Gasteiger partial charge < -0.3 is 14.2 Å². The van der Waals surface area contributed by atoms with Crippen molar-refractivity contribution < 1.29 is 14.2 Å². The Morgan fingerprint density at radius 3 is 2.44 bits per heavy atom. The Kier molecular flexibility index (Phi) is 9.84. The molecule has 0 saturated carbocycles. The average molecular weight is 492 g/mol. The van der Waals surface area contributed by atoms with E-state index in [9.17, 15) is 5.26 Å². The minimum Gasteiger partial charge on any atom is -0.489 e. The standard InChI is InChI=1S/C25H27Cl2NO3S/c1-6-21(31-17(2)32-5)16-30-22-9-7-19(8-10-22)25(3,4)20-13-18(15-28)24(23(27)14-20)29-12-11-26/h6-10,13-14H,2,11-12,16H2,1,3-5H3/b21-6-. The first-order valence-corrected chi connectivity index (χ1v) is 12.1. The van der Waals surface area contributed by atoms with Crippen LogP contribution in [-0.4, -0.2) is 25.3 Å². The number of allylic oxidation sites excluding steroid dienone is 1. The summed E-state index contributed by atoms with van der Waals surface area (Å²) in [6.45, 7) is 10.5. The summed E-state index contributed by atoms with van der Waals surface area (Å²) >= 11 is 13.6. The lowest BCUT2D eigenvalue weighted by Gasteiger charge is -2.27. The molecule has 0 spiro atoms. The molecular weight excluding hydrogens is 465 g/mol. The monoisotopic (exact) mass is 491 g/mol. The van der Waals surface area contributed by atoms with Gasteiger partial charge in [-0.1, -0.05) is 49.3 Å². The largest absolute Gasteiger partial charge is 0.489 e. The Balaban J connectivity index is 2.20. The minimum absolute atomic E-state index is 0.283. The highest BCUT2D eigenvalue weighted by Gasteiger charge is 2.26. The fraction of sp³-hybridized carbons (Fsp3) is 0.320. The molecule has 0 aliphatic carbocycles. The van der Waals surface area contributed by atoms with Gasteiger partial charge in [-0.3, -0.25) is 0 Å². The second-order valence-electron chi connectivity index (χ2n) is 7.36. The van der Waals surface area contributed by atoms with E-state index in [1.54, 1.807) is 0 Å². The Hall–Kier alpha value is -2.26. The number of ether oxygens (including phenoxy) is 3. The van der Waals surface area contributed by atoms with Crippen molar-refractivity contribution in [1.29, 1.82) is 5.26 Å². The SMILES string of the molecule is C=C(O/C(=C\C)COc1ccc(C(C)(C)c2cc(Cl)c(OCCCl)c(C#N)c2)cc1)SC. The fourth-order valence-corrected chi connectivity index (χ4v) is 3.51. The summed E-state index contributed by atoms with van der Waals surface area (Å²) in [6, 6.07) is 13.7. The molecule has 0 fully saturated rings. The maximum Gasteiger partial charge on any atom is 0.155 e. The minimum atomic E-state index is -0.396. The van der Waals surface area contributed by atoms with Gasteiger partial charge in [-0.2, -0.15) is 5.26 Å². The molecule has 4 nitrogen and oxygen atoms in total. The molecule has 0 aliphatic heterocycles. The predicted octanol–water partition coefficient (Wildman–Crippen LogP) is 7.29. The lowest BCUT2D eigenvalue weighted by atomic mass is 9.77. The van der Waals surface area contributed by atoms with Crippen molar-refractivity contribution in [3.63, 3.8) is 0 Å². The third-order valence-electron chi connectivity index (χ3n) is 4.96. The molecule has 0 aliphatic rings. The van der Waals surface area contributed by atoms with E-state index in [0.717, 1.165) is 16.9 Å². The number of thioether (sulfide) groups is 1. The van der Waals surface area contributed by atoms with Crippen molar-refractivity contribution in [2.24, 2.45) is 0 Å². The molecule has 0 aromatic heterocycles. The molecule has 2 aromatic rings. The summed E-state index contributed by atoms with van der Waals surface area (Å²) in [5, 5.41) is 10.6. The van der Waals surface area contributed by atoms with Gasteiger partial charge in [-0.05, 0) is 61.2 Å². The van der Waals surface area contributed by atoms with Crippen LogP contribution in [0, 0.1) is 11.3 Å². The third-order valence-corrected chi connectivity index (χ3v) is 5.93. The lowest BCUT2D eigenvalue weighted by molar-refractivity contribution is 0.244. The number of benzene rings is 2. The summed E-state index contributed by atoms with van der Waals surface area (Å²) < 4.78 is 17.0. The van der Waals surface area contributed by atoms with Crippen LogP contribution >= 0.6 is 35.0 Å². The number of alkyl halides is 1. The molecule has 2 rings (SSSR count). The fourth-order valence-electron chi connectivity index (χ4n) is 2.97. The van der Waals surface area contributed by atoms with E-state index in [2.05, 4.69) is 26.5 Å². The van der Waals surface area contributed by atoms with Crippen LogP contribution in [0.3, 0.4) is 0 Å². The van der Waals surface area contributed by atoms with Gasteiger partial charge in [0.2, 0.25) is 0 Å². The highest BCUT2D eigenvalue weighted by Crippen LogP contribution is 2.38. The molecule has 2 aromatic carbocycles. The summed E-state index contributed by atoms with van der Waals surface area (Å²) in [5.41, 5.74) is 1.95. The van der Waals surface area contributed by atoms with Crippen molar-refractivity contribution in [3.05, 3.63) is 81.6 Å². The second-order valence-corrected chi connectivity index (χ2v) is 9.00. The maximum atomic E-state index is 9.57. The molecule has 32 heavy (non-hydrogen) atoms. The van der Waals surface area contributed by atoms with Crippen molar-refractivity contribution in [3.8, 4) is 17.6 Å². The molecule has 0 saturated heterocycles. The molecule has 0 heterocycles. The maximum absolute atomic E-state index is 9.57. The van der Waals surface area contributed by atoms with Gasteiger partial charge in [0.25, 0.3) is 0 Å². The molecule has 0 radical (unpaired) electrons. The van der Waals surface area contributed by atoms with Crippen LogP contribution in [0.15, 0.2) is 59.9 Å². The molecule has 170 valence electrons. The van der Waals surface area contributed by atoms with E-state index in [1.807, 2.05) is 55.7 Å². The highest BCUT2D eigenvalue weighted by molar-refractivity contribution is 8.02. The summed E-state index contributed by atoms with van der Waals surface area (Å²) in [6.07, 6.45) is 3.76. The van der Waals surface area contributed by atoms with Crippen molar-refractivity contribution in [1.82, 2.24) is 0 Å². The lowest BCUT2D eigenvalue weighted by Crippen LogP contribution is -2.19. The van der Waals surface area contributed by atoms with E-state index >= 15 is 0 Å². The summed E-state index contributed by atoms with van der Waals surface area (Å²) in [4.78, 5) is 0. The van der Waals surface area contributed by atoms with E-state index < -0.39 is 5.41 Å². The summed E-state index contributed by atoms with van der Waals surface area (Å²) in [7, 11) is 0. The zero-order valence-corrected chi connectivity index (χ0v) is 21.0. The number of halogens is 2. The third kappa shape index (κ3) is 6.62. The Morgan fingerprint density at radius 2 is 1.88 bits per heavy atom. The first-order chi connectivity index (χ1) is 15.3. The average Bonchev–Trinajstić information content (AvgIpc) is 2.80. The smallest absolute Gasteiger partial charge is 0.155 e. The number of hydrogen-bond acceptors (Lipinski definition) is 5. The molecule has 0 N–H and O–H groups in total. The van der Waals surface area contributed by atoms with Crippen LogP contribution in [0.1, 0.15) is 37.5 Å². The zero-order chi connectivity index (χ0) is 23.7. The Morgan fingerprint density at radius 1 is 1.19 bits per heavy atom. The molecule has 0 amide bonds. The van der Waals surface area contributed by atoms with Crippen LogP contribution in [-0.2, 0) is 10.2 Å². The first kappa shape index (κ1) is 26.0. The van der Waals surface area contributed by atoms with Gasteiger partial charge >= 0.3 is 0 Å². The van der Waals surface area contributed by atoms with Crippen LogP contribution in [0.2, 0.25) is 5.02 Å². The van der Waals surface area contributed by atoms with Crippen LogP contribution in [0.25, 0.3) is 0 Å². The highest BCUT2D eigenvalue weighted by atomic mass is 35.5. The van der Waals surface area contributed by atoms with E-state index in [0.29, 0.717) is 39.7 Å². The van der Waals surface area contributed by atoms with Crippen LogP contribution in [0.4, 0.5) is 0 Å². The second kappa shape index (κ2) is 12.1. The van der Waals surface area contributed by atoms with Gasteiger partial charge in [0.15, 0.2) is 10.8 Å². The molecule has 0 unspecified atom stereocenters. The number of nitrogens with zero attached hydrogens (tertiary/aromatic N) is 1. The normalized spacial score (nSPS) is 11.6. The van der Waals surface area contributed by atoms with Crippen molar-refractivity contribution in [2.75, 3.05) is 25.3 Å². The predicted molar refractivity (Wildman–Crippen MR) is 134 cm³/mol. The van der Waals surface area contributed by atoms with Crippen molar-refractivity contribution in [2.45, 2.75) is 26.2 Å². The quantitative estimate of drug-likeness (QED) is 0.244. The number of nitriles is 1. The molecule has 0 atom stereocenters. The Labute approximate surface area is 204 Å². The molecule has 7 heteroatoms. The molecular formula is C25H27Cl2NO3S. The first-order valence-electron chi connectivity index (χ1n) is 9.99. The van der Waals surface area contributed by atoms with E-state index in [4.69, 9.17) is 37.4 Å².